The normalized spacial score (nSPS) is 20.5. The van der Waals surface area contributed by atoms with Crippen LogP contribution < -0.4 is 5.73 Å². The van der Waals surface area contributed by atoms with Crippen molar-refractivity contribution in [3.63, 3.8) is 0 Å². The zero-order chi connectivity index (χ0) is 13.1. The Hall–Kier alpha value is -1.88. The highest BCUT2D eigenvalue weighted by atomic mass is 16.3. The molecule has 1 atom stereocenters. The number of hydrogen-bond donors (Lipinski definition) is 1. The SMILES string of the molecule is Nc1nccc([C@@H]2CCCCN2Cc2ccoc2)n1. The van der Waals surface area contributed by atoms with Gasteiger partial charge in [0, 0.05) is 18.3 Å². The van der Waals surface area contributed by atoms with E-state index in [0.29, 0.717) is 12.0 Å². The van der Waals surface area contributed by atoms with Gasteiger partial charge in [0.05, 0.1) is 24.3 Å². The molecule has 1 saturated heterocycles. The number of piperidine rings is 1. The lowest BCUT2D eigenvalue weighted by atomic mass is 9.98. The molecule has 3 heterocycles. The number of nitrogens with zero attached hydrogens (tertiary/aromatic N) is 3. The molecule has 0 aromatic carbocycles. The summed E-state index contributed by atoms with van der Waals surface area (Å²) in [6.45, 7) is 1.98. The lowest BCUT2D eigenvalue weighted by Crippen LogP contribution is -2.33. The van der Waals surface area contributed by atoms with Crippen molar-refractivity contribution in [2.24, 2.45) is 0 Å². The maximum atomic E-state index is 5.69. The van der Waals surface area contributed by atoms with E-state index in [2.05, 4.69) is 14.9 Å². The molecule has 2 aromatic rings. The van der Waals surface area contributed by atoms with Crippen LogP contribution in [0.15, 0.2) is 35.3 Å². The van der Waals surface area contributed by atoms with Crippen LogP contribution in [0.5, 0.6) is 0 Å². The molecule has 5 nitrogen and oxygen atoms in total. The molecule has 0 unspecified atom stereocenters. The highest BCUT2D eigenvalue weighted by molar-refractivity contribution is 5.20. The molecule has 0 saturated carbocycles. The Labute approximate surface area is 112 Å². The molecule has 100 valence electrons. The van der Waals surface area contributed by atoms with Crippen LogP contribution in [0.2, 0.25) is 0 Å². The number of likely N-dealkylation sites (tertiary alicyclic amines) is 1. The van der Waals surface area contributed by atoms with Gasteiger partial charge in [-0.3, -0.25) is 4.90 Å². The van der Waals surface area contributed by atoms with E-state index in [1.807, 2.05) is 12.1 Å². The van der Waals surface area contributed by atoms with E-state index in [-0.39, 0.29) is 0 Å². The van der Waals surface area contributed by atoms with Gasteiger partial charge in [-0.15, -0.1) is 0 Å². The van der Waals surface area contributed by atoms with Gasteiger partial charge >= 0.3 is 0 Å². The Balaban J connectivity index is 1.80. The number of furan rings is 1. The van der Waals surface area contributed by atoms with Gasteiger partial charge in [0.25, 0.3) is 0 Å². The minimum absolute atomic E-state index is 0.328. The maximum absolute atomic E-state index is 5.69. The zero-order valence-electron chi connectivity index (χ0n) is 10.8. The number of rotatable bonds is 3. The standard InChI is InChI=1S/C14H18N4O/c15-14-16-6-4-12(17-14)13-3-1-2-7-18(13)9-11-5-8-19-10-11/h4-6,8,10,13H,1-3,7,9H2,(H2,15,16,17)/t13-/m0/s1. The van der Waals surface area contributed by atoms with Crippen molar-refractivity contribution in [2.45, 2.75) is 31.8 Å². The lowest BCUT2D eigenvalue weighted by Gasteiger charge is -2.35. The van der Waals surface area contributed by atoms with Crippen LogP contribution in [0.3, 0.4) is 0 Å². The maximum Gasteiger partial charge on any atom is 0.220 e. The summed E-state index contributed by atoms with van der Waals surface area (Å²) < 4.78 is 5.14. The van der Waals surface area contributed by atoms with Crippen molar-refractivity contribution in [3.8, 4) is 0 Å². The number of anilines is 1. The summed E-state index contributed by atoms with van der Waals surface area (Å²) in [6.07, 6.45) is 8.85. The van der Waals surface area contributed by atoms with E-state index >= 15 is 0 Å². The van der Waals surface area contributed by atoms with Crippen LogP contribution >= 0.6 is 0 Å². The lowest BCUT2D eigenvalue weighted by molar-refractivity contribution is 0.137. The fraction of sp³-hybridized carbons (Fsp3) is 0.429. The summed E-state index contributed by atoms with van der Waals surface area (Å²) in [5.41, 5.74) is 7.92. The van der Waals surface area contributed by atoms with Gasteiger partial charge in [0.2, 0.25) is 5.95 Å². The Morgan fingerprint density at radius 3 is 3.11 bits per heavy atom. The first-order valence-corrected chi connectivity index (χ1v) is 6.66. The fourth-order valence-corrected chi connectivity index (χ4v) is 2.71. The van der Waals surface area contributed by atoms with Gasteiger partial charge in [-0.25, -0.2) is 9.97 Å². The topological polar surface area (TPSA) is 68.2 Å². The van der Waals surface area contributed by atoms with E-state index in [1.54, 1.807) is 18.7 Å². The van der Waals surface area contributed by atoms with E-state index in [1.165, 1.54) is 18.4 Å². The van der Waals surface area contributed by atoms with E-state index in [9.17, 15) is 0 Å². The summed E-state index contributed by atoms with van der Waals surface area (Å²) in [6, 6.07) is 4.31. The molecule has 0 spiro atoms. The molecule has 0 bridgehead atoms. The van der Waals surface area contributed by atoms with Gasteiger partial charge in [-0.1, -0.05) is 6.42 Å². The van der Waals surface area contributed by atoms with Gasteiger partial charge in [-0.2, -0.15) is 0 Å². The van der Waals surface area contributed by atoms with E-state index < -0.39 is 0 Å². The first-order chi connectivity index (χ1) is 9.33. The van der Waals surface area contributed by atoms with Gasteiger partial charge in [-0.05, 0) is 31.5 Å². The van der Waals surface area contributed by atoms with Crippen molar-refractivity contribution in [2.75, 3.05) is 12.3 Å². The monoisotopic (exact) mass is 258 g/mol. The van der Waals surface area contributed by atoms with Gasteiger partial charge < -0.3 is 10.2 Å². The molecular formula is C14H18N4O. The van der Waals surface area contributed by atoms with Crippen molar-refractivity contribution in [1.29, 1.82) is 0 Å². The van der Waals surface area contributed by atoms with Crippen LogP contribution in [-0.2, 0) is 6.54 Å². The van der Waals surface area contributed by atoms with Crippen molar-refractivity contribution in [3.05, 3.63) is 42.1 Å². The number of nitrogens with two attached hydrogens (primary N) is 1. The van der Waals surface area contributed by atoms with E-state index in [4.69, 9.17) is 10.2 Å². The summed E-state index contributed by atoms with van der Waals surface area (Å²) >= 11 is 0. The Kier molecular flexibility index (Phi) is 3.46. The molecular weight excluding hydrogens is 240 g/mol. The van der Waals surface area contributed by atoms with Crippen LogP contribution in [0.4, 0.5) is 5.95 Å². The van der Waals surface area contributed by atoms with Crippen LogP contribution in [0, 0.1) is 0 Å². The Morgan fingerprint density at radius 1 is 1.37 bits per heavy atom. The predicted octanol–water partition coefficient (Wildman–Crippen LogP) is 2.38. The minimum Gasteiger partial charge on any atom is -0.472 e. The second-order valence-electron chi connectivity index (χ2n) is 4.95. The smallest absolute Gasteiger partial charge is 0.220 e. The molecule has 0 amide bonds. The first-order valence-electron chi connectivity index (χ1n) is 6.66. The highest BCUT2D eigenvalue weighted by Gasteiger charge is 2.25. The molecule has 2 N–H and O–H groups in total. The van der Waals surface area contributed by atoms with E-state index in [0.717, 1.165) is 25.2 Å². The molecule has 3 rings (SSSR count). The highest BCUT2D eigenvalue weighted by Crippen LogP contribution is 2.31. The Bertz CT molecular complexity index is 526. The second kappa shape index (κ2) is 5.40. The number of aromatic nitrogens is 2. The van der Waals surface area contributed by atoms with Crippen molar-refractivity contribution < 1.29 is 4.42 Å². The fourth-order valence-electron chi connectivity index (χ4n) is 2.71. The minimum atomic E-state index is 0.328. The van der Waals surface area contributed by atoms with Gasteiger partial charge in [0.1, 0.15) is 0 Å². The van der Waals surface area contributed by atoms with Crippen molar-refractivity contribution in [1.82, 2.24) is 14.9 Å². The average molecular weight is 258 g/mol. The van der Waals surface area contributed by atoms with Gasteiger partial charge in [0.15, 0.2) is 0 Å². The molecule has 0 aliphatic carbocycles. The molecule has 1 aliphatic rings. The molecule has 19 heavy (non-hydrogen) atoms. The zero-order valence-corrected chi connectivity index (χ0v) is 10.8. The molecule has 0 radical (unpaired) electrons. The quantitative estimate of drug-likeness (QED) is 0.915. The van der Waals surface area contributed by atoms with Crippen molar-refractivity contribution >= 4 is 5.95 Å². The second-order valence-corrected chi connectivity index (χ2v) is 4.95. The van der Waals surface area contributed by atoms with Crippen LogP contribution in [0.25, 0.3) is 0 Å². The average Bonchev–Trinajstić information content (AvgIpc) is 2.92. The summed E-state index contributed by atoms with van der Waals surface area (Å²) in [4.78, 5) is 10.8. The molecule has 1 aliphatic heterocycles. The molecule has 2 aromatic heterocycles. The summed E-state index contributed by atoms with van der Waals surface area (Å²) in [5.74, 6) is 0.353. The van der Waals surface area contributed by atoms with Crippen LogP contribution in [0.1, 0.15) is 36.6 Å². The summed E-state index contributed by atoms with van der Waals surface area (Å²) in [5, 5.41) is 0. The summed E-state index contributed by atoms with van der Waals surface area (Å²) in [7, 11) is 0. The first kappa shape index (κ1) is 12.2. The molecule has 1 fully saturated rings. The third-order valence-electron chi connectivity index (χ3n) is 3.62. The number of hydrogen-bond acceptors (Lipinski definition) is 5. The Morgan fingerprint density at radius 2 is 2.32 bits per heavy atom. The van der Waals surface area contributed by atoms with Crippen LogP contribution in [-0.4, -0.2) is 21.4 Å². The largest absolute Gasteiger partial charge is 0.472 e. The third kappa shape index (κ3) is 2.76. The molecule has 5 heteroatoms. The predicted molar refractivity (Wildman–Crippen MR) is 72.2 cm³/mol. The third-order valence-corrected chi connectivity index (χ3v) is 3.62. The number of nitrogen functional groups attached to an aromatic ring is 1.